The lowest BCUT2D eigenvalue weighted by molar-refractivity contribution is -0.385. The first-order valence-corrected chi connectivity index (χ1v) is 12.2. The van der Waals surface area contributed by atoms with Crippen LogP contribution in [0.3, 0.4) is 0 Å². The monoisotopic (exact) mass is 489 g/mol. The highest BCUT2D eigenvalue weighted by Crippen LogP contribution is 2.22. The largest absolute Gasteiger partial charge is 0.339 e. The molecule has 1 aliphatic heterocycles. The molecule has 0 aliphatic carbocycles. The fourth-order valence-electron chi connectivity index (χ4n) is 3.76. The molecule has 0 unspecified atom stereocenters. The number of benzene rings is 2. The maximum absolute atomic E-state index is 13.8. The molecule has 1 saturated heterocycles. The molecule has 1 aromatic heterocycles. The second-order valence-electron chi connectivity index (χ2n) is 8.08. The van der Waals surface area contributed by atoms with Crippen LogP contribution in [0.4, 0.5) is 10.1 Å². The molecular weight excluding hydrogens is 465 g/mol. The van der Waals surface area contributed by atoms with Gasteiger partial charge in [0.25, 0.3) is 5.69 Å². The van der Waals surface area contributed by atoms with E-state index in [9.17, 15) is 22.9 Å². The van der Waals surface area contributed by atoms with Gasteiger partial charge in [-0.3, -0.25) is 10.1 Å². The van der Waals surface area contributed by atoms with Crippen molar-refractivity contribution in [2.24, 2.45) is 0 Å². The molecule has 0 saturated carbocycles. The molecule has 10 nitrogen and oxygen atoms in total. The van der Waals surface area contributed by atoms with Crippen LogP contribution in [-0.4, -0.2) is 65.4 Å². The Morgan fingerprint density at radius 3 is 2.62 bits per heavy atom. The van der Waals surface area contributed by atoms with Gasteiger partial charge in [0, 0.05) is 50.3 Å². The standard InChI is InChI=1S/C22H24FN5O5S/c1-16-7-8-17(14-20(16)23)22-24-21(33-25-22)6-3-9-26-10-12-27(13-11-26)34(31,32)19-5-2-4-18(15-19)28(29)30/h2,4-5,7-8,14-15H,3,6,9-13H2,1H3. The summed E-state index contributed by atoms with van der Waals surface area (Å²) in [7, 11) is -3.79. The first-order valence-electron chi connectivity index (χ1n) is 10.8. The minimum absolute atomic E-state index is 0.0733. The van der Waals surface area contributed by atoms with E-state index in [4.69, 9.17) is 4.52 Å². The van der Waals surface area contributed by atoms with Gasteiger partial charge in [-0.1, -0.05) is 23.4 Å². The molecule has 3 aromatic rings. The lowest BCUT2D eigenvalue weighted by Gasteiger charge is -2.33. The molecule has 0 N–H and O–H groups in total. The van der Waals surface area contributed by atoms with E-state index in [2.05, 4.69) is 15.0 Å². The summed E-state index contributed by atoms with van der Waals surface area (Å²) in [6.07, 6.45) is 1.29. The summed E-state index contributed by atoms with van der Waals surface area (Å²) in [4.78, 5) is 16.8. The Morgan fingerprint density at radius 1 is 1.15 bits per heavy atom. The van der Waals surface area contributed by atoms with Gasteiger partial charge in [-0.25, -0.2) is 12.8 Å². The van der Waals surface area contributed by atoms with E-state index in [0.717, 1.165) is 19.0 Å². The second kappa shape index (κ2) is 9.95. The number of aryl methyl sites for hydroxylation is 2. The summed E-state index contributed by atoms with van der Waals surface area (Å²) in [6.45, 7) is 4.10. The van der Waals surface area contributed by atoms with Gasteiger partial charge in [-0.05, 0) is 37.6 Å². The van der Waals surface area contributed by atoms with Crippen LogP contribution < -0.4 is 0 Å². The third-order valence-electron chi connectivity index (χ3n) is 5.76. The lowest BCUT2D eigenvalue weighted by atomic mass is 10.1. The fraction of sp³-hybridized carbons (Fsp3) is 0.364. The molecule has 12 heteroatoms. The normalized spacial score (nSPS) is 15.5. The Bertz CT molecular complexity index is 1290. The van der Waals surface area contributed by atoms with Crippen molar-refractivity contribution in [3.05, 3.63) is 69.9 Å². The fourth-order valence-corrected chi connectivity index (χ4v) is 5.22. The topological polar surface area (TPSA) is 123 Å². The summed E-state index contributed by atoms with van der Waals surface area (Å²) in [6, 6.07) is 9.89. The van der Waals surface area contributed by atoms with Crippen molar-refractivity contribution < 1.29 is 22.3 Å². The highest BCUT2D eigenvalue weighted by molar-refractivity contribution is 7.89. The van der Waals surface area contributed by atoms with E-state index in [1.807, 2.05) is 0 Å². The predicted molar refractivity (Wildman–Crippen MR) is 121 cm³/mol. The number of nitro groups is 1. The molecule has 4 rings (SSSR count). The van der Waals surface area contributed by atoms with Crippen molar-refractivity contribution in [2.75, 3.05) is 32.7 Å². The number of piperazine rings is 1. The molecule has 0 radical (unpaired) electrons. The minimum atomic E-state index is -3.79. The highest BCUT2D eigenvalue weighted by Gasteiger charge is 2.29. The molecule has 2 heterocycles. The SMILES string of the molecule is Cc1ccc(-c2noc(CCCN3CCN(S(=O)(=O)c4cccc([N+](=O)[O-])c4)CC3)n2)cc1F. The first-order chi connectivity index (χ1) is 16.2. The number of non-ortho nitro benzene ring substituents is 1. The number of aromatic nitrogens is 2. The number of hydrogen-bond donors (Lipinski definition) is 0. The number of nitrogens with zero attached hydrogens (tertiary/aromatic N) is 5. The summed E-state index contributed by atoms with van der Waals surface area (Å²) < 4.78 is 46.1. The van der Waals surface area contributed by atoms with Gasteiger partial charge in [0.2, 0.25) is 21.7 Å². The maximum atomic E-state index is 13.8. The Morgan fingerprint density at radius 2 is 1.91 bits per heavy atom. The van der Waals surface area contributed by atoms with Gasteiger partial charge >= 0.3 is 0 Å². The smallest absolute Gasteiger partial charge is 0.270 e. The second-order valence-corrected chi connectivity index (χ2v) is 10.0. The zero-order valence-corrected chi connectivity index (χ0v) is 19.4. The van der Waals surface area contributed by atoms with E-state index < -0.39 is 14.9 Å². The average molecular weight is 490 g/mol. The molecule has 2 aromatic carbocycles. The van der Waals surface area contributed by atoms with E-state index in [1.54, 1.807) is 19.1 Å². The highest BCUT2D eigenvalue weighted by atomic mass is 32.2. The van der Waals surface area contributed by atoms with Crippen LogP contribution in [0, 0.1) is 22.9 Å². The number of nitro benzene ring substituents is 1. The van der Waals surface area contributed by atoms with Crippen LogP contribution in [0.15, 0.2) is 51.9 Å². The van der Waals surface area contributed by atoms with Crippen molar-refractivity contribution in [1.82, 2.24) is 19.3 Å². The molecule has 0 atom stereocenters. The van der Waals surface area contributed by atoms with Crippen LogP contribution in [0.5, 0.6) is 0 Å². The average Bonchev–Trinajstić information content (AvgIpc) is 3.30. The van der Waals surface area contributed by atoms with Crippen LogP contribution in [0.25, 0.3) is 11.4 Å². The molecule has 180 valence electrons. The number of hydrogen-bond acceptors (Lipinski definition) is 8. The van der Waals surface area contributed by atoms with Crippen molar-refractivity contribution >= 4 is 15.7 Å². The van der Waals surface area contributed by atoms with E-state index >= 15 is 0 Å². The summed E-state index contributed by atoms with van der Waals surface area (Å²) in [5.74, 6) is 0.479. The zero-order chi connectivity index (χ0) is 24.3. The quantitative estimate of drug-likeness (QED) is 0.349. The van der Waals surface area contributed by atoms with Gasteiger partial charge in [0.15, 0.2) is 0 Å². The number of halogens is 1. The van der Waals surface area contributed by atoms with Crippen molar-refractivity contribution in [1.29, 1.82) is 0 Å². The van der Waals surface area contributed by atoms with Gasteiger partial charge in [-0.2, -0.15) is 9.29 Å². The van der Waals surface area contributed by atoms with Crippen molar-refractivity contribution in [3.8, 4) is 11.4 Å². The molecular formula is C22H24FN5O5S. The van der Waals surface area contributed by atoms with Gasteiger partial charge in [0.05, 0.1) is 9.82 Å². The van der Waals surface area contributed by atoms with Crippen LogP contribution >= 0.6 is 0 Å². The Balaban J connectivity index is 1.27. The molecule has 0 bridgehead atoms. The summed E-state index contributed by atoms with van der Waals surface area (Å²) in [5, 5.41) is 14.9. The van der Waals surface area contributed by atoms with Gasteiger partial charge in [-0.15, -0.1) is 0 Å². The minimum Gasteiger partial charge on any atom is -0.339 e. The lowest BCUT2D eigenvalue weighted by Crippen LogP contribution is -2.48. The van der Waals surface area contributed by atoms with Crippen LogP contribution in [0.2, 0.25) is 0 Å². The van der Waals surface area contributed by atoms with Crippen molar-refractivity contribution in [3.63, 3.8) is 0 Å². The van der Waals surface area contributed by atoms with Crippen molar-refractivity contribution in [2.45, 2.75) is 24.7 Å². The number of rotatable bonds is 8. The van der Waals surface area contributed by atoms with E-state index in [0.29, 0.717) is 55.4 Å². The Kier molecular flexibility index (Phi) is 7.00. The molecule has 1 fully saturated rings. The maximum Gasteiger partial charge on any atom is 0.270 e. The van der Waals surface area contributed by atoms with Crippen LogP contribution in [0.1, 0.15) is 17.9 Å². The molecule has 0 spiro atoms. The van der Waals surface area contributed by atoms with Gasteiger partial charge in [0.1, 0.15) is 5.82 Å². The summed E-state index contributed by atoms with van der Waals surface area (Å²) in [5.41, 5.74) is 0.848. The Hall–Kier alpha value is -3.22. The molecule has 1 aliphatic rings. The Labute approximate surface area is 196 Å². The number of sulfonamides is 1. The zero-order valence-electron chi connectivity index (χ0n) is 18.6. The third kappa shape index (κ3) is 5.29. The third-order valence-corrected chi connectivity index (χ3v) is 7.66. The van der Waals surface area contributed by atoms with E-state index in [-0.39, 0.29) is 16.4 Å². The van der Waals surface area contributed by atoms with E-state index in [1.165, 1.54) is 28.6 Å². The predicted octanol–water partition coefficient (Wildman–Crippen LogP) is 3.03. The summed E-state index contributed by atoms with van der Waals surface area (Å²) >= 11 is 0. The van der Waals surface area contributed by atoms with Crippen LogP contribution in [-0.2, 0) is 16.4 Å². The first kappa shape index (κ1) is 23.9. The molecule has 34 heavy (non-hydrogen) atoms. The van der Waals surface area contributed by atoms with Gasteiger partial charge < -0.3 is 9.42 Å². The molecule has 0 amide bonds.